The summed E-state index contributed by atoms with van der Waals surface area (Å²) in [5.41, 5.74) is 3.33. The zero-order valence-electron chi connectivity index (χ0n) is 18.2. The molecular formula is C23H33BrClN3O. The van der Waals surface area contributed by atoms with Gasteiger partial charge in [-0.2, -0.15) is 0 Å². The first-order valence-electron chi connectivity index (χ1n) is 10.5. The van der Waals surface area contributed by atoms with Crippen LogP contribution in [-0.4, -0.2) is 23.2 Å². The quantitative estimate of drug-likeness (QED) is 0.265. The summed E-state index contributed by atoms with van der Waals surface area (Å²) < 4.78 is 8.65. The first-order valence-corrected chi connectivity index (χ1v) is 11.6. The van der Waals surface area contributed by atoms with Gasteiger partial charge in [0.2, 0.25) is 5.95 Å². The van der Waals surface area contributed by atoms with E-state index in [1.807, 2.05) is 12.1 Å². The molecule has 1 heterocycles. The number of fused-ring (bicyclic) bond motifs is 1. The van der Waals surface area contributed by atoms with E-state index < -0.39 is 0 Å². The highest BCUT2D eigenvalue weighted by Gasteiger charge is 2.20. The molecule has 160 valence electrons. The SMILES string of the molecule is CC/C=C(Br)\C=C(/CNc1nc2c(Cl)ccc(C(CCC)CCC)c2n1C)OC. The van der Waals surface area contributed by atoms with Gasteiger partial charge in [-0.05, 0) is 42.9 Å². The van der Waals surface area contributed by atoms with Crippen molar-refractivity contribution in [3.05, 3.63) is 45.1 Å². The van der Waals surface area contributed by atoms with Crippen molar-refractivity contribution in [2.75, 3.05) is 19.0 Å². The Morgan fingerprint density at radius 1 is 1.28 bits per heavy atom. The van der Waals surface area contributed by atoms with Crippen LogP contribution in [0.3, 0.4) is 0 Å². The average Bonchev–Trinajstić information content (AvgIpc) is 3.03. The molecule has 2 rings (SSSR count). The van der Waals surface area contributed by atoms with Crippen LogP contribution >= 0.6 is 27.5 Å². The molecule has 0 atom stereocenters. The van der Waals surface area contributed by atoms with E-state index in [1.54, 1.807) is 7.11 Å². The lowest BCUT2D eigenvalue weighted by Gasteiger charge is -2.18. The van der Waals surface area contributed by atoms with Crippen molar-refractivity contribution in [1.82, 2.24) is 9.55 Å². The molecule has 0 aliphatic rings. The molecule has 0 saturated heterocycles. The number of ether oxygens (including phenoxy) is 1. The lowest BCUT2D eigenvalue weighted by molar-refractivity contribution is 0.289. The van der Waals surface area contributed by atoms with E-state index in [-0.39, 0.29) is 0 Å². The van der Waals surface area contributed by atoms with Gasteiger partial charge in [-0.25, -0.2) is 4.98 Å². The van der Waals surface area contributed by atoms with Crippen LogP contribution in [0.5, 0.6) is 0 Å². The van der Waals surface area contributed by atoms with Crippen LogP contribution in [0, 0.1) is 0 Å². The molecule has 29 heavy (non-hydrogen) atoms. The minimum absolute atomic E-state index is 0.526. The maximum Gasteiger partial charge on any atom is 0.204 e. The fourth-order valence-corrected chi connectivity index (χ4v) is 4.49. The second-order valence-electron chi connectivity index (χ2n) is 7.27. The second-order valence-corrected chi connectivity index (χ2v) is 8.59. The predicted octanol–water partition coefficient (Wildman–Crippen LogP) is 7.54. The number of nitrogens with zero attached hydrogens (tertiary/aromatic N) is 2. The van der Waals surface area contributed by atoms with E-state index in [0.717, 1.165) is 33.6 Å². The number of allylic oxidation sites excluding steroid dienone is 3. The number of rotatable bonds is 11. The van der Waals surface area contributed by atoms with Crippen molar-refractivity contribution in [3.8, 4) is 0 Å². The second kappa shape index (κ2) is 11.7. The lowest BCUT2D eigenvalue weighted by atomic mass is 9.89. The fourth-order valence-electron chi connectivity index (χ4n) is 3.71. The van der Waals surface area contributed by atoms with E-state index >= 15 is 0 Å². The monoisotopic (exact) mass is 481 g/mol. The number of nitrogens with one attached hydrogen (secondary N) is 1. The van der Waals surface area contributed by atoms with Crippen LogP contribution in [-0.2, 0) is 11.8 Å². The number of methoxy groups -OCH3 is 1. The molecule has 1 N–H and O–H groups in total. The van der Waals surface area contributed by atoms with Crippen LogP contribution < -0.4 is 5.32 Å². The topological polar surface area (TPSA) is 39.1 Å². The van der Waals surface area contributed by atoms with Gasteiger partial charge in [-0.1, -0.05) is 73.3 Å². The van der Waals surface area contributed by atoms with Crippen LogP contribution in [0.2, 0.25) is 5.02 Å². The Hall–Kier alpha value is -1.46. The van der Waals surface area contributed by atoms with E-state index in [4.69, 9.17) is 21.3 Å². The van der Waals surface area contributed by atoms with Crippen LogP contribution in [0.4, 0.5) is 5.95 Å². The number of benzene rings is 1. The van der Waals surface area contributed by atoms with Gasteiger partial charge >= 0.3 is 0 Å². The van der Waals surface area contributed by atoms with Gasteiger partial charge in [0.25, 0.3) is 0 Å². The molecule has 1 aromatic carbocycles. The third kappa shape index (κ3) is 6.02. The van der Waals surface area contributed by atoms with E-state index in [2.05, 4.69) is 65.8 Å². The largest absolute Gasteiger partial charge is 0.499 e. The molecule has 1 aromatic heterocycles. The Balaban J connectivity index is 2.39. The summed E-state index contributed by atoms with van der Waals surface area (Å²) in [4.78, 5) is 4.81. The van der Waals surface area contributed by atoms with Crippen molar-refractivity contribution >= 4 is 44.5 Å². The number of hydrogen-bond acceptors (Lipinski definition) is 3. The first kappa shape index (κ1) is 23.8. The van der Waals surface area contributed by atoms with Crippen molar-refractivity contribution in [3.63, 3.8) is 0 Å². The van der Waals surface area contributed by atoms with Crippen molar-refractivity contribution in [1.29, 1.82) is 0 Å². The summed E-state index contributed by atoms with van der Waals surface area (Å²) in [7, 11) is 3.74. The Labute approximate surface area is 188 Å². The standard InChI is InChI=1S/C23H33BrClN3O/c1-6-9-16(10-7-2)19-12-13-20(25)21-22(19)28(4)23(27-21)26-15-18(29-5)14-17(24)11-8-3/h11-14,16H,6-10,15H2,1-5H3,(H,26,27)/b17-11+,18-14+. The Bertz CT molecular complexity index is 867. The molecule has 0 aliphatic carbocycles. The van der Waals surface area contributed by atoms with Gasteiger partial charge in [0.05, 0.1) is 24.2 Å². The summed E-state index contributed by atoms with van der Waals surface area (Å²) in [5, 5.41) is 4.10. The molecule has 0 radical (unpaired) electrons. The molecule has 6 heteroatoms. The molecule has 0 fully saturated rings. The highest BCUT2D eigenvalue weighted by Crippen LogP contribution is 2.36. The van der Waals surface area contributed by atoms with Crippen LogP contribution in [0.25, 0.3) is 11.0 Å². The third-order valence-electron chi connectivity index (χ3n) is 5.10. The highest BCUT2D eigenvalue weighted by molar-refractivity contribution is 9.11. The molecule has 2 aromatic rings. The maximum atomic E-state index is 6.51. The third-order valence-corrected chi connectivity index (χ3v) is 5.96. The molecule has 0 amide bonds. The molecule has 4 nitrogen and oxygen atoms in total. The van der Waals surface area contributed by atoms with Crippen molar-refractivity contribution < 1.29 is 4.74 Å². The number of imidazole rings is 1. The molecule has 0 unspecified atom stereocenters. The van der Waals surface area contributed by atoms with Crippen molar-refractivity contribution in [2.45, 2.75) is 58.8 Å². The zero-order valence-corrected chi connectivity index (χ0v) is 20.5. The molecule has 0 saturated carbocycles. The summed E-state index contributed by atoms with van der Waals surface area (Å²) >= 11 is 10.1. The van der Waals surface area contributed by atoms with E-state index in [0.29, 0.717) is 17.5 Å². The Morgan fingerprint density at radius 2 is 1.97 bits per heavy atom. The molecule has 0 bridgehead atoms. The summed E-state index contributed by atoms with van der Waals surface area (Å²) in [5.74, 6) is 2.15. The minimum atomic E-state index is 0.526. The number of aromatic nitrogens is 2. The maximum absolute atomic E-state index is 6.51. The summed E-state index contributed by atoms with van der Waals surface area (Å²) in [6, 6.07) is 4.17. The Kier molecular flexibility index (Phi) is 9.57. The zero-order chi connectivity index (χ0) is 21.4. The summed E-state index contributed by atoms with van der Waals surface area (Å²) in [6.45, 7) is 7.14. The minimum Gasteiger partial charge on any atom is -0.499 e. The average molecular weight is 483 g/mol. The Morgan fingerprint density at radius 3 is 2.55 bits per heavy atom. The van der Waals surface area contributed by atoms with Gasteiger partial charge in [-0.15, -0.1) is 0 Å². The van der Waals surface area contributed by atoms with Gasteiger partial charge < -0.3 is 14.6 Å². The molecular weight excluding hydrogens is 450 g/mol. The first-order chi connectivity index (χ1) is 14.0. The van der Waals surface area contributed by atoms with Gasteiger partial charge in [0.15, 0.2) is 0 Å². The van der Waals surface area contributed by atoms with Gasteiger partial charge in [0.1, 0.15) is 11.3 Å². The fraction of sp³-hybridized carbons (Fsp3) is 0.522. The number of hydrogen-bond donors (Lipinski definition) is 1. The van der Waals surface area contributed by atoms with Crippen LogP contribution in [0.15, 0.2) is 34.5 Å². The lowest BCUT2D eigenvalue weighted by Crippen LogP contribution is -2.10. The highest BCUT2D eigenvalue weighted by atomic mass is 79.9. The summed E-state index contributed by atoms with van der Waals surface area (Å²) in [6.07, 6.45) is 9.72. The van der Waals surface area contributed by atoms with E-state index in [9.17, 15) is 0 Å². The molecule has 0 spiro atoms. The predicted molar refractivity (Wildman–Crippen MR) is 129 cm³/mol. The number of halogens is 2. The smallest absolute Gasteiger partial charge is 0.204 e. The number of anilines is 1. The number of aryl methyl sites for hydroxylation is 1. The van der Waals surface area contributed by atoms with E-state index in [1.165, 1.54) is 31.2 Å². The van der Waals surface area contributed by atoms with Crippen LogP contribution in [0.1, 0.15) is 64.4 Å². The normalized spacial score (nSPS) is 12.8. The molecule has 0 aliphatic heterocycles. The van der Waals surface area contributed by atoms with Gasteiger partial charge in [-0.3, -0.25) is 0 Å². The van der Waals surface area contributed by atoms with Gasteiger partial charge in [0, 0.05) is 11.5 Å². The van der Waals surface area contributed by atoms with Crippen molar-refractivity contribution in [2.24, 2.45) is 7.05 Å².